The second-order valence-corrected chi connectivity index (χ2v) is 2.76. The van der Waals surface area contributed by atoms with Gasteiger partial charge < -0.3 is 0 Å². The highest BCUT2D eigenvalue weighted by Crippen LogP contribution is 2.02. The maximum atomic E-state index is 4.24. The van der Waals surface area contributed by atoms with Crippen LogP contribution in [0.25, 0.3) is 11.7 Å². The molecule has 2 aromatic heterocycles. The average molecular weight is 174 g/mol. The Morgan fingerprint density at radius 2 is 2.15 bits per heavy atom. The Kier molecular flexibility index (Phi) is 1.81. The molecule has 2 aromatic rings. The lowest BCUT2D eigenvalue weighted by Crippen LogP contribution is -1.95. The smallest absolute Gasteiger partial charge is 0.176 e. The predicted molar refractivity (Wildman–Crippen MR) is 50.2 cm³/mol. The second kappa shape index (κ2) is 2.97. The van der Waals surface area contributed by atoms with Crippen molar-refractivity contribution in [2.24, 2.45) is 0 Å². The maximum Gasteiger partial charge on any atom is 0.176 e. The van der Waals surface area contributed by atoms with E-state index in [4.69, 9.17) is 0 Å². The summed E-state index contributed by atoms with van der Waals surface area (Å²) < 4.78 is 1.55. The molecular formula is C9H10N4. The molecule has 0 unspecified atom stereocenters. The van der Waals surface area contributed by atoms with Crippen LogP contribution in [0, 0.1) is 6.92 Å². The van der Waals surface area contributed by atoms with Crippen LogP contribution in [0.15, 0.2) is 18.2 Å². The van der Waals surface area contributed by atoms with E-state index in [2.05, 4.69) is 15.2 Å². The van der Waals surface area contributed by atoms with Gasteiger partial charge in [-0.3, -0.25) is 0 Å². The summed E-state index contributed by atoms with van der Waals surface area (Å²) >= 11 is 0. The van der Waals surface area contributed by atoms with Gasteiger partial charge in [-0.15, -0.1) is 14.8 Å². The lowest BCUT2D eigenvalue weighted by atomic mass is 10.3. The first kappa shape index (κ1) is 7.91. The minimum Gasteiger partial charge on any atom is -0.210 e. The van der Waals surface area contributed by atoms with Gasteiger partial charge >= 0.3 is 0 Å². The van der Waals surface area contributed by atoms with Crippen LogP contribution in [0.4, 0.5) is 0 Å². The molecule has 0 aliphatic rings. The zero-order valence-corrected chi connectivity index (χ0v) is 7.60. The molecule has 2 heterocycles. The van der Waals surface area contributed by atoms with Gasteiger partial charge in [0.25, 0.3) is 0 Å². The molecule has 13 heavy (non-hydrogen) atoms. The van der Waals surface area contributed by atoms with Gasteiger partial charge in [-0.1, -0.05) is 6.08 Å². The molecule has 0 N–H and O–H groups in total. The minimum absolute atomic E-state index is 0.741. The van der Waals surface area contributed by atoms with Gasteiger partial charge in [-0.05, 0) is 32.1 Å². The van der Waals surface area contributed by atoms with E-state index in [-0.39, 0.29) is 0 Å². The Bertz CT molecular complexity index is 456. The molecule has 0 amide bonds. The van der Waals surface area contributed by atoms with Crippen LogP contribution in [0.2, 0.25) is 0 Å². The van der Waals surface area contributed by atoms with E-state index in [1.54, 1.807) is 4.63 Å². The summed E-state index contributed by atoms with van der Waals surface area (Å²) in [5, 5.41) is 8.36. The van der Waals surface area contributed by atoms with Crippen LogP contribution in [-0.2, 0) is 0 Å². The third kappa shape index (κ3) is 1.42. The molecule has 2 rings (SSSR count). The first-order valence-corrected chi connectivity index (χ1v) is 4.13. The van der Waals surface area contributed by atoms with Gasteiger partial charge in [0, 0.05) is 0 Å². The number of fused-ring (bicyclic) bond motifs is 1. The largest absolute Gasteiger partial charge is 0.210 e. The van der Waals surface area contributed by atoms with E-state index in [0.717, 1.165) is 17.2 Å². The third-order valence-corrected chi connectivity index (χ3v) is 1.67. The molecule has 4 nitrogen and oxygen atoms in total. The van der Waals surface area contributed by atoms with Crippen LogP contribution in [0.3, 0.4) is 0 Å². The third-order valence-electron chi connectivity index (χ3n) is 1.67. The summed E-state index contributed by atoms with van der Waals surface area (Å²) in [4.78, 5) is 4.18. The first-order chi connectivity index (χ1) is 6.29. The van der Waals surface area contributed by atoms with Crippen molar-refractivity contribution in [3.63, 3.8) is 0 Å². The normalized spacial score (nSPS) is 11.5. The van der Waals surface area contributed by atoms with E-state index in [1.165, 1.54) is 0 Å². The Labute approximate surface area is 75.9 Å². The topological polar surface area (TPSA) is 43.1 Å². The summed E-state index contributed by atoms with van der Waals surface area (Å²) in [6.45, 7) is 3.81. The summed E-state index contributed by atoms with van der Waals surface area (Å²) in [5.41, 5.74) is 1.67. The van der Waals surface area contributed by atoms with Crippen molar-refractivity contribution in [2.45, 2.75) is 13.8 Å². The minimum atomic E-state index is 0.741. The summed E-state index contributed by atoms with van der Waals surface area (Å²) in [7, 11) is 0. The van der Waals surface area contributed by atoms with Gasteiger partial charge in [0.15, 0.2) is 5.65 Å². The Morgan fingerprint density at radius 1 is 1.31 bits per heavy atom. The van der Waals surface area contributed by atoms with Crippen molar-refractivity contribution in [3.8, 4) is 0 Å². The highest BCUT2D eigenvalue weighted by molar-refractivity contribution is 5.47. The fraction of sp³-hybridized carbons (Fsp3) is 0.222. The fourth-order valence-corrected chi connectivity index (χ4v) is 1.16. The number of allylic oxidation sites excluding steroid dienone is 1. The monoisotopic (exact) mass is 174 g/mol. The Balaban J connectivity index is 2.61. The van der Waals surface area contributed by atoms with E-state index >= 15 is 0 Å². The van der Waals surface area contributed by atoms with E-state index in [9.17, 15) is 0 Å². The van der Waals surface area contributed by atoms with Crippen molar-refractivity contribution in [1.82, 2.24) is 19.8 Å². The van der Waals surface area contributed by atoms with Gasteiger partial charge in [-0.2, -0.15) is 0 Å². The molecule has 4 heteroatoms. The molecule has 0 radical (unpaired) electrons. The number of hydrogen-bond acceptors (Lipinski definition) is 3. The van der Waals surface area contributed by atoms with Crippen LogP contribution < -0.4 is 0 Å². The summed E-state index contributed by atoms with van der Waals surface area (Å²) in [6.07, 6.45) is 3.87. The van der Waals surface area contributed by atoms with Crippen LogP contribution in [0.5, 0.6) is 0 Å². The Morgan fingerprint density at radius 3 is 2.92 bits per heavy atom. The van der Waals surface area contributed by atoms with E-state index < -0.39 is 0 Å². The zero-order valence-electron chi connectivity index (χ0n) is 7.60. The average Bonchev–Trinajstić information content (AvgIpc) is 2.44. The van der Waals surface area contributed by atoms with Crippen LogP contribution in [-0.4, -0.2) is 19.8 Å². The van der Waals surface area contributed by atoms with Gasteiger partial charge in [0.05, 0.1) is 5.69 Å². The highest BCUT2D eigenvalue weighted by atomic mass is 15.4. The highest BCUT2D eigenvalue weighted by Gasteiger charge is 1.99. The van der Waals surface area contributed by atoms with E-state index in [0.29, 0.717) is 0 Å². The quantitative estimate of drug-likeness (QED) is 0.657. The lowest BCUT2D eigenvalue weighted by molar-refractivity contribution is 0.782. The molecular weight excluding hydrogens is 164 g/mol. The molecule has 0 spiro atoms. The van der Waals surface area contributed by atoms with Crippen molar-refractivity contribution in [2.75, 3.05) is 0 Å². The number of hydrogen-bond donors (Lipinski definition) is 0. The summed E-state index contributed by atoms with van der Waals surface area (Å²) in [6, 6.07) is 3.83. The molecule has 0 atom stereocenters. The molecule has 0 bridgehead atoms. The number of aromatic nitrogens is 4. The molecule has 0 aromatic carbocycles. The molecule has 0 aliphatic carbocycles. The van der Waals surface area contributed by atoms with Crippen molar-refractivity contribution in [3.05, 3.63) is 29.7 Å². The molecule has 66 valence electrons. The standard InChI is InChI=1S/C9H10N4/c1-3-4-8-5-6-9-10-7(2)11-13(9)12-8/h3-6H,1-2H3/b4-3+. The molecule has 0 saturated carbocycles. The van der Waals surface area contributed by atoms with Gasteiger partial charge in [0.1, 0.15) is 5.82 Å². The van der Waals surface area contributed by atoms with E-state index in [1.807, 2.05) is 38.1 Å². The van der Waals surface area contributed by atoms with Crippen LogP contribution in [0.1, 0.15) is 18.4 Å². The number of rotatable bonds is 1. The van der Waals surface area contributed by atoms with Crippen LogP contribution >= 0.6 is 0 Å². The SMILES string of the molecule is C/C=C/c1ccc2nc(C)nn2n1. The maximum absolute atomic E-state index is 4.24. The lowest BCUT2D eigenvalue weighted by Gasteiger charge is -1.91. The first-order valence-electron chi connectivity index (χ1n) is 4.13. The van der Waals surface area contributed by atoms with Crippen molar-refractivity contribution >= 4 is 11.7 Å². The fourth-order valence-electron chi connectivity index (χ4n) is 1.16. The molecule has 0 saturated heterocycles. The van der Waals surface area contributed by atoms with Crippen molar-refractivity contribution in [1.29, 1.82) is 0 Å². The summed E-state index contributed by atoms with van der Waals surface area (Å²) in [5.74, 6) is 0.741. The van der Waals surface area contributed by atoms with Crippen molar-refractivity contribution < 1.29 is 0 Å². The van der Waals surface area contributed by atoms with Gasteiger partial charge in [-0.25, -0.2) is 4.98 Å². The van der Waals surface area contributed by atoms with Gasteiger partial charge in [0.2, 0.25) is 0 Å². The Hall–Kier alpha value is -1.71. The molecule has 0 fully saturated rings. The predicted octanol–water partition coefficient (Wildman–Crippen LogP) is 1.47. The number of aryl methyl sites for hydroxylation is 1. The second-order valence-electron chi connectivity index (χ2n) is 2.76. The zero-order chi connectivity index (χ0) is 9.26. The molecule has 0 aliphatic heterocycles. The number of nitrogens with zero attached hydrogens (tertiary/aromatic N) is 4.